The van der Waals surface area contributed by atoms with Crippen LogP contribution in [0, 0.1) is 6.92 Å². The Labute approximate surface area is 148 Å². The van der Waals surface area contributed by atoms with Crippen molar-refractivity contribution < 1.29 is 9.59 Å². The number of benzene rings is 1. The molecule has 25 heavy (non-hydrogen) atoms. The highest BCUT2D eigenvalue weighted by Crippen LogP contribution is 2.26. The fourth-order valence-electron chi connectivity index (χ4n) is 2.38. The zero-order chi connectivity index (χ0) is 18.0. The van der Waals surface area contributed by atoms with Crippen molar-refractivity contribution in [1.29, 1.82) is 0 Å². The van der Waals surface area contributed by atoms with Gasteiger partial charge in [0, 0.05) is 30.6 Å². The van der Waals surface area contributed by atoms with Gasteiger partial charge < -0.3 is 5.32 Å². The molecule has 2 heterocycles. The summed E-state index contributed by atoms with van der Waals surface area (Å²) in [6.07, 6.45) is 0. The van der Waals surface area contributed by atoms with Crippen LogP contribution in [0.4, 0.5) is 10.8 Å². The van der Waals surface area contributed by atoms with Crippen molar-refractivity contribution in [3.05, 3.63) is 47.1 Å². The van der Waals surface area contributed by atoms with Gasteiger partial charge in [0.2, 0.25) is 5.91 Å². The molecule has 2 amide bonds. The number of carbonyl (C=O) groups is 2. The Kier molecular flexibility index (Phi) is 4.62. The van der Waals surface area contributed by atoms with E-state index in [0.717, 1.165) is 22.6 Å². The summed E-state index contributed by atoms with van der Waals surface area (Å²) in [6.45, 7) is 3.30. The molecule has 0 radical (unpaired) electrons. The van der Waals surface area contributed by atoms with Crippen LogP contribution in [0.3, 0.4) is 0 Å². The summed E-state index contributed by atoms with van der Waals surface area (Å²) in [5.41, 5.74) is 3.66. The summed E-state index contributed by atoms with van der Waals surface area (Å²) in [5, 5.41) is 12.1. The second-order valence-corrected chi connectivity index (χ2v) is 6.40. The van der Waals surface area contributed by atoms with Crippen LogP contribution in [0.5, 0.6) is 0 Å². The van der Waals surface area contributed by atoms with Crippen molar-refractivity contribution in [2.24, 2.45) is 7.05 Å². The van der Waals surface area contributed by atoms with Crippen molar-refractivity contribution in [3.63, 3.8) is 0 Å². The van der Waals surface area contributed by atoms with Gasteiger partial charge in [-0.1, -0.05) is 12.1 Å². The van der Waals surface area contributed by atoms with E-state index in [0.29, 0.717) is 10.8 Å². The minimum Gasteiger partial charge on any atom is -0.326 e. The van der Waals surface area contributed by atoms with Gasteiger partial charge in [-0.05, 0) is 25.1 Å². The van der Waals surface area contributed by atoms with E-state index < -0.39 is 0 Å². The standard InChI is InChI=1S/C17H17N5O2S/c1-10-8-15(22(3)21-10)16(24)20-17-19-14(9-25-17)12-4-6-13(7-5-12)18-11(2)23/h4-9H,1-3H3,(H,18,23)(H,19,20,24). The first-order chi connectivity index (χ1) is 11.9. The van der Waals surface area contributed by atoms with Crippen LogP contribution < -0.4 is 10.6 Å². The summed E-state index contributed by atoms with van der Waals surface area (Å²) >= 11 is 1.35. The van der Waals surface area contributed by atoms with Crippen LogP contribution in [0.2, 0.25) is 0 Å². The topological polar surface area (TPSA) is 88.9 Å². The lowest BCUT2D eigenvalue weighted by Gasteiger charge is -2.03. The van der Waals surface area contributed by atoms with Crippen molar-refractivity contribution >= 4 is 34.0 Å². The van der Waals surface area contributed by atoms with Gasteiger partial charge in [-0.25, -0.2) is 4.98 Å². The SMILES string of the molecule is CC(=O)Nc1ccc(-c2csc(NC(=O)c3cc(C)nn3C)n2)cc1. The molecule has 0 aliphatic rings. The molecule has 0 spiro atoms. The number of nitrogens with zero attached hydrogens (tertiary/aromatic N) is 3. The minimum atomic E-state index is -0.245. The molecule has 0 atom stereocenters. The molecule has 2 N–H and O–H groups in total. The van der Waals surface area contributed by atoms with E-state index in [9.17, 15) is 9.59 Å². The quantitative estimate of drug-likeness (QED) is 0.753. The molecule has 0 unspecified atom stereocenters. The second kappa shape index (κ2) is 6.86. The molecule has 7 nitrogen and oxygen atoms in total. The first kappa shape index (κ1) is 16.8. The molecule has 0 aliphatic carbocycles. The Hall–Kier alpha value is -3.00. The smallest absolute Gasteiger partial charge is 0.275 e. The molecular weight excluding hydrogens is 338 g/mol. The van der Waals surface area contributed by atoms with Gasteiger partial charge in [0.05, 0.1) is 11.4 Å². The molecule has 3 aromatic rings. The van der Waals surface area contributed by atoms with Gasteiger partial charge >= 0.3 is 0 Å². The van der Waals surface area contributed by atoms with Crippen LogP contribution in [0.25, 0.3) is 11.3 Å². The number of amides is 2. The number of hydrogen-bond acceptors (Lipinski definition) is 5. The Morgan fingerprint density at radius 2 is 1.88 bits per heavy atom. The van der Waals surface area contributed by atoms with Gasteiger partial charge in [-0.15, -0.1) is 11.3 Å². The lowest BCUT2D eigenvalue weighted by molar-refractivity contribution is -0.114. The monoisotopic (exact) mass is 355 g/mol. The minimum absolute atomic E-state index is 0.114. The average Bonchev–Trinajstić information content (AvgIpc) is 3.14. The number of carbonyl (C=O) groups excluding carboxylic acids is 2. The van der Waals surface area contributed by atoms with Crippen molar-refractivity contribution in [2.45, 2.75) is 13.8 Å². The Balaban J connectivity index is 1.73. The lowest BCUT2D eigenvalue weighted by Crippen LogP contribution is -2.15. The van der Waals surface area contributed by atoms with E-state index in [1.807, 2.05) is 36.6 Å². The van der Waals surface area contributed by atoms with Crippen LogP contribution in [-0.2, 0) is 11.8 Å². The number of nitrogens with one attached hydrogen (secondary N) is 2. The maximum Gasteiger partial charge on any atom is 0.275 e. The van der Waals surface area contributed by atoms with E-state index in [1.54, 1.807) is 17.8 Å². The summed E-state index contributed by atoms with van der Waals surface area (Å²) in [5.74, 6) is -0.359. The average molecular weight is 355 g/mol. The highest BCUT2D eigenvalue weighted by molar-refractivity contribution is 7.14. The third-order valence-electron chi connectivity index (χ3n) is 3.46. The second-order valence-electron chi connectivity index (χ2n) is 5.55. The first-order valence-electron chi connectivity index (χ1n) is 7.58. The first-order valence-corrected chi connectivity index (χ1v) is 8.46. The number of rotatable bonds is 4. The molecule has 1 aromatic carbocycles. The molecule has 0 fully saturated rings. The Morgan fingerprint density at radius 3 is 2.48 bits per heavy atom. The van der Waals surface area contributed by atoms with Gasteiger partial charge in [0.25, 0.3) is 5.91 Å². The number of thiazole rings is 1. The molecule has 0 bridgehead atoms. The van der Waals surface area contributed by atoms with Gasteiger partial charge in [-0.3, -0.25) is 19.6 Å². The molecule has 3 rings (SSSR count). The number of hydrogen-bond donors (Lipinski definition) is 2. The molecular formula is C17H17N5O2S. The van der Waals surface area contributed by atoms with E-state index in [4.69, 9.17) is 0 Å². The van der Waals surface area contributed by atoms with Crippen LogP contribution >= 0.6 is 11.3 Å². The molecule has 0 saturated carbocycles. The van der Waals surface area contributed by atoms with Crippen molar-refractivity contribution in [2.75, 3.05) is 10.6 Å². The summed E-state index contributed by atoms with van der Waals surface area (Å²) in [6, 6.07) is 9.09. The van der Waals surface area contributed by atoms with Crippen LogP contribution in [0.15, 0.2) is 35.7 Å². The normalized spacial score (nSPS) is 10.5. The van der Waals surface area contributed by atoms with Gasteiger partial charge in [0.15, 0.2) is 5.13 Å². The number of aromatic nitrogens is 3. The summed E-state index contributed by atoms with van der Waals surface area (Å²) in [7, 11) is 1.73. The van der Waals surface area contributed by atoms with Gasteiger partial charge in [-0.2, -0.15) is 5.10 Å². The molecule has 0 aliphatic heterocycles. The fourth-order valence-corrected chi connectivity index (χ4v) is 3.09. The van der Waals surface area contributed by atoms with Gasteiger partial charge in [0.1, 0.15) is 5.69 Å². The van der Waals surface area contributed by atoms with E-state index in [1.165, 1.54) is 18.3 Å². The van der Waals surface area contributed by atoms with Crippen LogP contribution in [-0.4, -0.2) is 26.6 Å². The summed E-state index contributed by atoms with van der Waals surface area (Å²) < 4.78 is 1.54. The zero-order valence-corrected chi connectivity index (χ0v) is 14.8. The fraction of sp³-hybridized carbons (Fsp3) is 0.176. The Bertz CT molecular complexity index is 927. The van der Waals surface area contributed by atoms with Crippen molar-refractivity contribution in [1.82, 2.24) is 14.8 Å². The predicted octanol–water partition coefficient (Wildman–Crippen LogP) is 3.06. The van der Waals surface area contributed by atoms with E-state index in [-0.39, 0.29) is 11.8 Å². The van der Waals surface area contributed by atoms with E-state index >= 15 is 0 Å². The molecule has 2 aromatic heterocycles. The highest BCUT2D eigenvalue weighted by Gasteiger charge is 2.14. The third kappa shape index (κ3) is 3.92. The maximum atomic E-state index is 12.3. The zero-order valence-electron chi connectivity index (χ0n) is 14.0. The lowest BCUT2D eigenvalue weighted by atomic mass is 10.1. The van der Waals surface area contributed by atoms with E-state index in [2.05, 4.69) is 20.7 Å². The summed E-state index contributed by atoms with van der Waals surface area (Å²) in [4.78, 5) is 27.8. The van der Waals surface area contributed by atoms with Crippen LogP contribution in [0.1, 0.15) is 23.1 Å². The molecule has 8 heteroatoms. The molecule has 0 saturated heterocycles. The van der Waals surface area contributed by atoms with Crippen molar-refractivity contribution in [3.8, 4) is 11.3 Å². The maximum absolute atomic E-state index is 12.3. The number of aryl methyl sites for hydroxylation is 2. The number of anilines is 2. The Morgan fingerprint density at radius 1 is 1.16 bits per heavy atom. The predicted molar refractivity (Wildman–Crippen MR) is 97.8 cm³/mol. The third-order valence-corrected chi connectivity index (χ3v) is 4.22. The molecule has 128 valence electrons. The highest BCUT2D eigenvalue weighted by atomic mass is 32.1. The largest absolute Gasteiger partial charge is 0.326 e.